The van der Waals surface area contributed by atoms with Gasteiger partial charge in [0, 0.05) is 0 Å². The first-order chi connectivity index (χ1) is 7.02. The molecule has 0 radical (unpaired) electrons. The van der Waals surface area contributed by atoms with Gasteiger partial charge in [0.25, 0.3) is 0 Å². The van der Waals surface area contributed by atoms with Crippen LogP contribution in [0.15, 0.2) is 24.4 Å². The summed E-state index contributed by atoms with van der Waals surface area (Å²) >= 11 is 0. The maximum Gasteiger partial charge on any atom is 0.230 e. The van der Waals surface area contributed by atoms with Crippen molar-refractivity contribution in [1.82, 2.24) is 0 Å². The molecule has 1 saturated carbocycles. The fourth-order valence-corrected chi connectivity index (χ4v) is 1.74. The van der Waals surface area contributed by atoms with Gasteiger partial charge in [-0.3, -0.25) is 10.1 Å². The van der Waals surface area contributed by atoms with Crippen LogP contribution in [-0.2, 0) is 0 Å². The molecule has 0 N–H and O–H groups in total. The van der Waals surface area contributed by atoms with E-state index in [4.69, 9.17) is 0 Å². The minimum Gasteiger partial charge on any atom is -0.259 e. The van der Waals surface area contributed by atoms with Crippen molar-refractivity contribution < 1.29 is 4.92 Å². The molecule has 0 aromatic carbocycles. The zero-order valence-corrected chi connectivity index (χ0v) is 9.48. The summed E-state index contributed by atoms with van der Waals surface area (Å²) < 4.78 is 0. The van der Waals surface area contributed by atoms with Crippen molar-refractivity contribution in [2.75, 3.05) is 0 Å². The highest BCUT2D eigenvalue weighted by Gasteiger charge is 2.28. The van der Waals surface area contributed by atoms with Crippen LogP contribution >= 0.6 is 0 Å². The molecular formula is C12H19NO2. The summed E-state index contributed by atoms with van der Waals surface area (Å²) in [4.78, 5) is 9.64. The molecule has 0 amide bonds. The molecule has 0 saturated heterocycles. The van der Waals surface area contributed by atoms with Crippen LogP contribution < -0.4 is 0 Å². The van der Waals surface area contributed by atoms with Crippen molar-refractivity contribution in [1.29, 1.82) is 0 Å². The van der Waals surface area contributed by atoms with E-state index in [0.717, 1.165) is 12.6 Å². The molecule has 84 valence electrons. The predicted molar refractivity (Wildman–Crippen MR) is 61.0 cm³/mol. The average molecular weight is 209 g/mol. The minimum absolute atomic E-state index is 0.388. The first-order valence-electron chi connectivity index (χ1n) is 5.51. The molecule has 0 bridgehead atoms. The Labute approximate surface area is 91.0 Å². The maximum atomic E-state index is 10.1. The van der Waals surface area contributed by atoms with Gasteiger partial charge in [-0.2, -0.15) is 0 Å². The molecule has 0 aromatic rings. The van der Waals surface area contributed by atoms with Crippen molar-refractivity contribution in [3.8, 4) is 0 Å². The lowest BCUT2D eigenvalue weighted by Crippen LogP contribution is -2.22. The van der Waals surface area contributed by atoms with Gasteiger partial charge in [-0.05, 0) is 36.7 Å². The van der Waals surface area contributed by atoms with E-state index < -0.39 is 4.92 Å². The maximum absolute atomic E-state index is 10.1. The Morgan fingerprint density at radius 2 is 2.20 bits per heavy atom. The van der Waals surface area contributed by atoms with E-state index in [1.165, 1.54) is 19.3 Å². The molecule has 15 heavy (non-hydrogen) atoms. The molecule has 1 rings (SSSR count). The van der Waals surface area contributed by atoms with Gasteiger partial charge in [0.1, 0.15) is 0 Å². The first kappa shape index (κ1) is 12.0. The van der Waals surface area contributed by atoms with E-state index in [9.17, 15) is 10.1 Å². The van der Waals surface area contributed by atoms with Crippen molar-refractivity contribution in [2.24, 2.45) is 11.3 Å². The van der Waals surface area contributed by atoms with Gasteiger partial charge >= 0.3 is 0 Å². The molecule has 0 heterocycles. The van der Waals surface area contributed by atoms with Crippen LogP contribution in [0.2, 0.25) is 0 Å². The second-order valence-corrected chi connectivity index (χ2v) is 4.75. The molecule has 0 spiro atoms. The predicted octanol–water partition coefficient (Wildman–Crippen LogP) is 3.55. The minimum atomic E-state index is -0.413. The third-order valence-corrected chi connectivity index (χ3v) is 3.06. The zero-order chi connectivity index (χ0) is 11.3. The van der Waals surface area contributed by atoms with Crippen LogP contribution in [0.25, 0.3) is 0 Å². The summed E-state index contributed by atoms with van der Waals surface area (Å²) in [6.45, 7) is 4.36. The molecule has 0 aliphatic heterocycles. The lowest BCUT2D eigenvalue weighted by Gasteiger charge is -2.35. The number of nitrogens with zero attached hydrogens (tertiary/aromatic N) is 1. The molecule has 1 aliphatic rings. The number of hydrogen-bond donors (Lipinski definition) is 0. The quantitative estimate of drug-likeness (QED) is 0.395. The second kappa shape index (κ2) is 5.10. The van der Waals surface area contributed by atoms with Gasteiger partial charge in [0.2, 0.25) is 6.20 Å². The number of nitro groups is 1. The van der Waals surface area contributed by atoms with Crippen LogP contribution in [0, 0.1) is 21.4 Å². The Morgan fingerprint density at radius 1 is 1.53 bits per heavy atom. The van der Waals surface area contributed by atoms with Crippen LogP contribution in [-0.4, -0.2) is 4.92 Å². The molecule has 1 atom stereocenters. The highest BCUT2D eigenvalue weighted by atomic mass is 16.6. The number of rotatable bonds is 5. The Morgan fingerprint density at radius 3 is 2.67 bits per heavy atom. The Bertz CT molecular complexity index is 277. The van der Waals surface area contributed by atoms with E-state index in [1.807, 2.05) is 0 Å². The number of hydrogen-bond acceptors (Lipinski definition) is 2. The van der Waals surface area contributed by atoms with Gasteiger partial charge < -0.3 is 0 Å². The third kappa shape index (κ3) is 4.28. The summed E-state index contributed by atoms with van der Waals surface area (Å²) in [5, 5.41) is 10.1. The van der Waals surface area contributed by atoms with Gasteiger partial charge in [0.15, 0.2) is 0 Å². The summed E-state index contributed by atoms with van der Waals surface area (Å²) in [6, 6.07) is 0. The lowest BCUT2D eigenvalue weighted by atomic mass is 9.70. The lowest BCUT2D eigenvalue weighted by molar-refractivity contribution is -0.402. The van der Waals surface area contributed by atoms with Crippen molar-refractivity contribution in [3.05, 3.63) is 34.5 Å². The molecule has 1 unspecified atom stereocenters. The molecule has 0 aromatic heterocycles. The standard InChI is InChI=1S/C12H19NO2/c1-11(5-3-10-13(14)15)6-9-12(2)7-4-8-12/h3,6,9-11H,4-5,7-8H2,1-2H3/b9-6+,10-3+. The highest BCUT2D eigenvalue weighted by molar-refractivity contribution is 5.04. The molecular weight excluding hydrogens is 190 g/mol. The summed E-state index contributed by atoms with van der Waals surface area (Å²) in [7, 11) is 0. The van der Waals surface area contributed by atoms with Crippen LogP contribution in [0.5, 0.6) is 0 Å². The van der Waals surface area contributed by atoms with E-state index in [0.29, 0.717) is 11.3 Å². The van der Waals surface area contributed by atoms with Gasteiger partial charge in [-0.1, -0.05) is 32.4 Å². The van der Waals surface area contributed by atoms with E-state index in [1.54, 1.807) is 6.08 Å². The molecule has 3 nitrogen and oxygen atoms in total. The average Bonchev–Trinajstić information content (AvgIpc) is 2.11. The largest absolute Gasteiger partial charge is 0.259 e. The van der Waals surface area contributed by atoms with E-state index in [2.05, 4.69) is 26.0 Å². The molecule has 3 heteroatoms. The fourth-order valence-electron chi connectivity index (χ4n) is 1.74. The van der Waals surface area contributed by atoms with Crippen LogP contribution in [0.3, 0.4) is 0 Å². The fraction of sp³-hybridized carbons (Fsp3) is 0.667. The van der Waals surface area contributed by atoms with Crippen LogP contribution in [0.1, 0.15) is 39.5 Å². The van der Waals surface area contributed by atoms with Crippen molar-refractivity contribution in [2.45, 2.75) is 39.5 Å². The Hall–Kier alpha value is -1.12. The van der Waals surface area contributed by atoms with Crippen molar-refractivity contribution >= 4 is 0 Å². The van der Waals surface area contributed by atoms with Gasteiger partial charge in [-0.15, -0.1) is 0 Å². The third-order valence-electron chi connectivity index (χ3n) is 3.06. The topological polar surface area (TPSA) is 43.1 Å². The summed E-state index contributed by atoms with van der Waals surface area (Å²) in [5.74, 6) is 0.388. The van der Waals surface area contributed by atoms with E-state index >= 15 is 0 Å². The molecule has 1 aliphatic carbocycles. The zero-order valence-electron chi connectivity index (χ0n) is 9.48. The number of allylic oxidation sites excluding steroid dienone is 3. The van der Waals surface area contributed by atoms with Gasteiger partial charge in [-0.25, -0.2) is 0 Å². The summed E-state index contributed by atoms with van der Waals surface area (Å²) in [6.07, 6.45) is 11.7. The summed E-state index contributed by atoms with van der Waals surface area (Å²) in [5.41, 5.74) is 0.404. The highest BCUT2D eigenvalue weighted by Crippen LogP contribution is 2.41. The molecule has 1 fully saturated rings. The monoisotopic (exact) mass is 209 g/mol. The van der Waals surface area contributed by atoms with Crippen LogP contribution in [0.4, 0.5) is 0 Å². The van der Waals surface area contributed by atoms with Crippen molar-refractivity contribution in [3.63, 3.8) is 0 Å². The first-order valence-corrected chi connectivity index (χ1v) is 5.51. The normalized spacial score (nSPS) is 21.7. The van der Waals surface area contributed by atoms with E-state index in [-0.39, 0.29) is 0 Å². The Kier molecular flexibility index (Phi) is 4.06. The van der Waals surface area contributed by atoms with Gasteiger partial charge in [0.05, 0.1) is 4.92 Å². The second-order valence-electron chi connectivity index (χ2n) is 4.75. The Balaban J connectivity index is 2.29. The smallest absolute Gasteiger partial charge is 0.230 e. The SMILES string of the molecule is CC(/C=C/C1(C)CCC1)C/C=C/[N+](=O)[O-].